The summed E-state index contributed by atoms with van der Waals surface area (Å²) in [5, 5.41) is 8.52. The second-order valence-electron chi connectivity index (χ2n) is 8.09. The summed E-state index contributed by atoms with van der Waals surface area (Å²) in [5.74, 6) is 0. The quantitative estimate of drug-likeness (QED) is 0.293. The zero-order chi connectivity index (χ0) is 19.9. The molecular weight excluding hydrogens is 340 g/mol. The van der Waals surface area contributed by atoms with Gasteiger partial charge in [0, 0.05) is 11.8 Å². The number of hydrogen-bond acceptors (Lipinski definition) is 2. The highest BCUT2D eigenvalue weighted by atomic mass is 15.1. The van der Waals surface area contributed by atoms with Crippen LogP contribution in [-0.2, 0) is 12.8 Å². The Labute approximate surface area is 173 Å². The number of unbranched alkanes of at least 4 members (excludes halogenated alkanes) is 10. The largest absolute Gasteiger partial charge is 0.159 e. The Morgan fingerprint density at radius 2 is 1.29 bits per heavy atom. The van der Waals surface area contributed by atoms with Crippen molar-refractivity contribution in [3.63, 3.8) is 0 Å². The van der Waals surface area contributed by atoms with Gasteiger partial charge in [-0.25, -0.2) is 0 Å². The van der Waals surface area contributed by atoms with Crippen LogP contribution in [0.5, 0.6) is 0 Å². The van der Waals surface area contributed by atoms with Gasteiger partial charge in [0.15, 0.2) is 0 Å². The highest BCUT2D eigenvalue weighted by Crippen LogP contribution is 2.28. The molecule has 1 aromatic carbocycles. The highest BCUT2D eigenvalue weighted by Gasteiger charge is 2.11. The molecule has 0 N–H and O–H groups in total. The van der Waals surface area contributed by atoms with E-state index in [4.69, 9.17) is 0 Å². The smallest absolute Gasteiger partial charge is 0.0932 e. The maximum Gasteiger partial charge on any atom is 0.0932 e. The normalized spacial score (nSPS) is 11.1. The van der Waals surface area contributed by atoms with Crippen LogP contribution in [0.15, 0.2) is 36.5 Å². The molecule has 2 nitrogen and oxygen atoms in total. The molecule has 0 radical (unpaired) electrons. The predicted molar refractivity (Wildman–Crippen MR) is 122 cm³/mol. The van der Waals surface area contributed by atoms with Gasteiger partial charge >= 0.3 is 0 Å². The molecule has 0 fully saturated rings. The third-order valence-electron chi connectivity index (χ3n) is 5.70. The molecule has 0 saturated carbocycles. The van der Waals surface area contributed by atoms with Crippen molar-refractivity contribution in [3.8, 4) is 11.3 Å². The van der Waals surface area contributed by atoms with Gasteiger partial charge in [-0.3, -0.25) is 0 Å². The predicted octanol–water partition coefficient (Wildman–Crippen LogP) is 7.95. The van der Waals surface area contributed by atoms with Gasteiger partial charge in [-0.2, -0.15) is 10.2 Å². The molecular formula is C26H40N2. The summed E-state index contributed by atoms with van der Waals surface area (Å²) in [4.78, 5) is 0. The molecule has 2 heteroatoms. The van der Waals surface area contributed by atoms with Crippen LogP contribution in [0.4, 0.5) is 0 Å². The molecule has 0 atom stereocenters. The molecule has 0 aliphatic rings. The van der Waals surface area contributed by atoms with Crippen molar-refractivity contribution in [2.24, 2.45) is 0 Å². The van der Waals surface area contributed by atoms with E-state index >= 15 is 0 Å². The fourth-order valence-electron chi connectivity index (χ4n) is 4.03. The van der Waals surface area contributed by atoms with Crippen LogP contribution in [0.3, 0.4) is 0 Å². The van der Waals surface area contributed by atoms with E-state index in [1.165, 1.54) is 107 Å². The van der Waals surface area contributed by atoms with E-state index in [1.54, 1.807) is 6.20 Å². The Kier molecular flexibility index (Phi) is 11.6. The summed E-state index contributed by atoms with van der Waals surface area (Å²) < 4.78 is 0. The van der Waals surface area contributed by atoms with Crippen molar-refractivity contribution in [1.29, 1.82) is 0 Å². The van der Waals surface area contributed by atoms with Gasteiger partial charge < -0.3 is 0 Å². The zero-order valence-corrected chi connectivity index (χ0v) is 18.3. The number of rotatable bonds is 15. The van der Waals surface area contributed by atoms with Crippen LogP contribution < -0.4 is 0 Å². The first kappa shape index (κ1) is 22.6. The van der Waals surface area contributed by atoms with Gasteiger partial charge in [0.1, 0.15) is 0 Å². The molecule has 28 heavy (non-hydrogen) atoms. The van der Waals surface area contributed by atoms with Gasteiger partial charge in [0.2, 0.25) is 0 Å². The lowest BCUT2D eigenvalue weighted by Crippen LogP contribution is -2.00. The fraction of sp³-hybridized carbons (Fsp3) is 0.615. The van der Waals surface area contributed by atoms with Crippen molar-refractivity contribution in [3.05, 3.63) is 47.7 Å². The van der Waals surface area contributed by atoms with Gasteiger partial charge in [-0.15, -0.1) is 0 Å². The van der Waals surface area contributed by atoms with E-state index < -0.39 is 0 Å². The first-order valence-electron chi connectivity index (χ1n) is 11.8. The lowest BCUT2D eigenvalue weighted by atomic mass is 9.91. The average Bonchev–Trinajstić information content (AvgIpc) is 2.74. The summed E-state index contributed by atoms with van der Waals surface area (Å²) >= 11 is 0. The average molecular weight is 381 g/mol. The van der Waals surface area contributed by atoms with Gasteiger partial charge in [0.05, 0.1) is 5.69 Å². The second-order valence-corrected chi connectivity index (χ2v) is 8.09. The van der Waals surface area contributed by atoms with E-state index in [2.05, 4.69) is 48.3 Å². The standard InChI is InChI=1S/C26H40N2/c1-3-5-7-9-11-13-17-23-18-15-20-25(26-21-16-22-27-28-26)24(23)19-14-12-10-8-6-4-2/h15-16,18,20-22H,3-14,17,19H2,1-2H3. The van der Waals surface area contributed by atoms with Crippen LogP contribution >= 0.6 is 0 Å². The molecule has 2 aromatic rings. The molecule has 0 aliphatic carbocycles. The summed E-state index contributed by atoms with van der Waals surface area (Å²) in [6.07, 6.45) is 20.3. The van der Waals surface area contributed by atoms with Crippen molar-refractivity contribution in [2.45, 2.75) is 104 Å². The van der Waals surface area contributed by atoms with Crippen LogP contribution in [0, 0.1) is 0 Å². The highest BCUT2D eigenvalue weighted by molar-refractivity contribution is 5.65. The lowest BCUT2D eigenvalue weighted by molar-refractivity contribution is 0.599. The summed E-state index contributed by atoms with van der Waals surface area (Å²) in [7, 11) is 0. The summed E-state index contributed by atoms with van der Waals surface area (Å²) in [6.45, 7) is 4.57. The lowest BCUT2D eigenvalue weighted by Gasteiger charge is -2.15. The van der Waals surface area contributed by atoms with E-state index in [9.17, 15) is 0 Å². The van der Waals surface area contributed by atoms with Crippen molar-refractivity contribution >= 4 is 0 Å². The Morgan fingerprint density at radius 1 is 0.643 bits per heavy atom. The van der Waals surface area contributed by atoms with Crippen LogP contribution in [0.1, 0.15) is 102 Å². The molecule has 0 amide bonds. The Balaban J connectivity index is 2.01. The number of aryl methyl sites for hydroxylation is 1. The third-order valence-corrected chi connectivity index (χ3v) is 5.70. The van der Waals surface area contributed by atoms with E-state index in [1.807, 2.05) is 6.07 Å². The van der Waals surface area contributed by atoms with Crippen LogP contribution in [0.2, 0.25) is 0 Å². The van der Waals surface area contributed by atoms with E-state index in [-0.39, 0.29) is 0 Å². The Hall–Kier alpha value is -1.70. The summed E-state index contributed by atoms with van der Waals surface area (Å²) in [5.41, 5.74) is 5.37. The van der Waals surface area contributed by atoms with Gasteiger partial charge in [0.25, 0.3) is 0 Å². The van der Waals surface area contributed by atoms with E-state index in [0.717, 1.165) is 5.69 Å². The molecule has 0 saturated heterocycles. The SMILES string of the molecule is CCCCCCCCc1cccc(-c2cccnn2)c1CCCCCCCC. The number of nitrogens with zero attached hydrogens (tertiary/aromatic N) is 2. The maximum atomic E-state index is 4.40. The number of hydrogen-bond donors (Lipinski definition) is 0. The Bertz CT molecular complexity index is 636. The second kappa shape index (κ2) is 14.3. The number of benzene rings is 1. The minimum Gasteiger partial charge on any atom is -0.159 e. The van der Waals surface area contributed by atoms with Crippen LogP contribution in [-0.4, -0.2) is 10.2 Å². The van der Waals surface area contributed by atoms with Gasteiger partial charge in [-0.1, -0.05) is 96.3 Å². The zero-order valence-electron chi connectivity index (χ0n) is 18.3. The summed E-state index contributed by atoms with van der Waals surface area (Å²) in [6, 6.07) is 10.9. The molecule has 1 heterocycles. The molecule has 0 unspecified atom stereocenters. The monoisotopic (exact) mass is 380 g/mol. The fourth-order valence-corrected chi connectivity index (χ4v) is 4.03. The molecule has 1 aromatic heterocycles. The van der Waals surface area contributed by atoms with Crippen molar-refractivity contribution in [1.82, 2.24) is 10.2 Å². The molecule has 0 bridgehead atoms. The molecule has 0 aliphatic heterocycles. The first-order chi connectivity index (χ1) is 13.9. The van der Waals surface area contributed by atoms with E-state index in [0.29, 0.717) is 0 Å². The Morgan fingerprint density at radius 3 is 1.93 bits per heavy atom. The molecule has 154 valence electrons. The van der Waals surface area contributed by atoms with Crippen molar-refractivity contribution in [2.75, 3.05) is 0 Å². The molecule has 0 spiro atoms. The minimum atomic E-state index is 1.02. The third kappa shape index (κ3) is 8.12. The maximum absolute atomic E-state index is 4.40. The minimum absolute atomic E-state index is 1.02. The van der Waals surface area contributed by atoms with Gasteiger partial charge in [-0.05, 0) is 48.9 Å². The first-order valence-corrected chi connectivity index (χ1v) is 11.8. The van der Waals surface area contributed by atoms with Crippen LogP contribution in [0.25, 0.3) is 11.3 Å². The molecule has 2 rings (SSSR count). The number of aromatic nitrogens is 2. The van der Waals surface area contributed by atoms with Crippen molar-refractivity contribution < 1.29 is 0 Å². The topological polar surface area (TPSA) is 25.8 Å².